The van der Waals surface area contributed by atoms with Crippen LogP contribution in [0.4, 0.5) is 0 Å². The molecule has 0 amide bonds. The van der Waals surface area contributed by atoms with Crippen LogP contribution in [0.25, 0.3) is 0 Å². The fraction of sp³-hybridized carbons (Fsp3) is 0.786. The Balaban J connectivity index is 3.85. The molecule has 0 saturated carbocycles. The van der Waals surface area contributed by atoms with E-state index in [0.717, 1.165) is 13.0 Å². The van der Waals surface area contributed by atoms with Crippen LogP contribution in [0.15, 0.2) is 12.2 Å². The van der Waals surface area contributed by atoms with E-state index in [-0.39, 0.29) is 5.78 Å². The first-order chi connectivity index (χ1) is 7.37. The van der Waals surface area contributed by atoms with E-state index < -0.39 is 0 Å². The third-order valence-electron chi connectivity index (χ3n) is 2.75. The predicted molar refractivity (Wildman–Crippen MR) is 70.6 cm³/mol. The first kappa shape index (κ1) is 15.4. The molecule has 0 aliphatic carbocycles. The van der Waals surface area contributed by atoms with E-state index in [0.29, 0.717) is 11.8 Å². The standard InChI is InChI=1S/C14H27NO/c1-6-10-14(2,3)11-9-13(16)8-7-12-15(4)5/h7-8H,6,9-12H2,1-5H3/b8-7+. The van der Waals surface area contributed by atoms with Crippen LogP contribution in [0.3, 0.4) is 0 Å². The third-order valence-corrected chi connectivity index (χ3v) is 2.75. The highest BCUT2D eigenvalue weighted by Crippen LogP contribution is 2.28. The molecule has 2 heteroatoms. The van der Waals surface area contributed by atoms with Crippen LogP contribution in [-0.4, -0.2) is 31.3 Å². The second-order valence-electron chi connectivity index (χ2n) is 5.55. The van der Waals surface area contributed by atoms with Crippen LogP contribution < -0.4 is 0 Å². The molecule has 0 aliphatic heterocycles. The average molecular weight is 225 g/mol. The quantitative estimate of drug-likeness (QED) is 0.591. The van der Waals surface area contributed by atoms with Crippen LogP contribution in [0, 0.1) is 5.41 Å². The van der Waals surface area contributed by atoms with Crippen molar-refractivity contribution < 1.29 is 4.79 Å². The van der Waals surface area contributed by atoms with Crippen molar-refractivity contribution in [1.29, 1.82) is 0 Å². The maximum atomic E-state index is 11.6. The smallest absolute Gasteiger partial charge is 0.155 e. The Morgan fingerprint density at radius 3 is 2.38 bits per heavy atom. The number of likely N-dealkylation sites (N-methyl/N-ethyl adjacent to an activating group) is 1. The molecule has 0 rings (SSSR count). The Morgan fingerprint density at radius 1 is 1.25 bits per heavy atom. The summed E-state index contributed by atoms with van der Waals surface area (Å²) >= 11 is 0. The van der Waals surface area contributed by atoms with Crippen LogP contribution in [0.2, 0.25) is 0 Å². The highest BCUT2D eigenvalue weighted by atomic mass is 16.1. The van der Waals surface area contributed by atoms with Gasteiger partial charge in [0.05, 0.1) is 0 Å². The number of ketones is 1. The Morgan fingerprint density at radius 2 is 1.88 bits per heavy atom. The number of allylic oxidation sites excluding steroid dienone is 1. The van der Waals surface area contributed by atoms with Crippen molar-refractivity contribution in [3.63, 3.8) is 0 Å². The van der Waals surface area contributed by atoms with E-state index in [9.17, 15) is 4.79 Å². The van der Waals surface area contributed by atoms with Gasteiger partial charge in [-0.1, -0.05) is 33.3 Å². The summed E-state index contributed by atoms with van der Waals surface area (Å²) in [6.07, 6.45) is 7.72. The lowest BCUT2D eigenvalue weighted by molar-refractivity contribution is -0.115. The summed E-state index contributed by atoms with van der Waals surface area (Å²) in [7, 11) is 4.00. The van der Waals surface area contributed by atoms with Gasteiger partial charge in [-0.15, -0.1) is 0 Å². The first-order valence-corrected chi connectivity index (χ1v) is 6.21. The minimum absolute atomic E-state index is 0.256. The molecule has 0 N–H and O–H groups in total. The zero-order valence-corrected chi connectivity index (χ0v) is 11.5. The molecule has 0 spiro atoms. The van der Waals surface area contributed by atoms with Gasteiger partial charge in [0.25, 0.3) is 0 Å². The van der Waals surface area contributed by atoms with Gasteiger partial charge in [0, 0.05) is 13.0 Å². The number of nitrogens with zero attached hydrogens (tertiary/aromatic N) is 1. The largest absolute Gasteiger partial charge is 0.306 e. The molecular formula is C14H27NO. The lowest BCUT2D eigenvalue weighted by Crippen LogP contribution is -2.13. The lowest BCUT2D eigenvalue weighted by Gasteiger charge is -2.23. The molecule has 0 atom stereocenters. The molecule has 0 heterocycles. The Hall–Kier alpha value is -0.630. The van der Waals surface area contributed by atoms with Gasteiger partial charge in [-0.2, -0.15) is 0 Å². The molecular weight excluding hydrogens is 198 g/mol. The second kappa shape index (κ2) is 7.61. The number of hydrogen-bond donors (Lipinski definition) is 0. The number of rotatable bonds is 8. The molecule has 0 fully saturated rings. The van der Waals surface area contributed by atoms with Crippen molar-refractivity contribution in [1.82, 2.24) is 4.90 Å². The predicted octanol–water partition coefficient (Wildman–Crippen LogP) is 3.28. The van der Waals surface area contributed by atoms with Crippen molar-refractivity contribution in [3.8, 4) is 0 Å². The molecule has 0 aliphatic rings. The van der Waals surface area contributed by atoms with E-state index in [2.05, 4.69) is 20.8 Å². The zero-order chi connectivity index (χ0) is 12.6. The van der Waals surface area contributed by atoms with E-state index >= 15 is 0 Å². The normalized spacial score (nSPS) is 12.6. The van der Waals surface area contributed by atoms with Gasteiger partial charge < -0.3 is 4.90 Å². The second-order valence-corrected chi connectivity index (χ2v) is 5.55. The van der Waals surface area contributed by atoms with Crippen molar-refractivity contribution in [3.05, 3.63) is 12.2 Å². The molecule has 0 aromatic carbocycles. The maximum absolute atomic E-state index is 11.6. The molecule has 16 heavy (non-hydrogen) atoms. The Bertz CT molecular complexity index is 229. The molecule has 0 bridgehead atoms. The lowest BCUT2D eigenvalue weighted by atomic mass is 9.83. The minimum atomic E-state index is 0.256. The monoisotopic (exact) mass is 225 g/mol. The van der Waals surface area contributed by atoms with Crippen molar-refractivity contribution in [2.24, 2.45) is 5.41 Å². The molecule has 0 unspecified atom stereocenters. The van der Waals surface area contributed by atoms with Crippen LogP contribution in [0.5, 0.6) is 0 Å². The third kappa shape index (κ3) is 8.66. The molecule has 0 radical (unpaired) electrons. The van der Waals surface area contributed by atoms with Crippen LogP contribution in [0.1, 0.15) is 46.5 Å². The van der Waals surface area contributed by atoms with E-state index in [1.807, 2.05) is 25.1 Å². The summed E-state index contributed by atoms with van der Waals surface area (Å²) in [5, 5.41) is 0. The van der Waals surface area contributed by atoms with Gasteiger partial charge in [-0.25, -0.2) is 0 Å². The summed E-state index contributed by atoms with van der Waals surface area (Å²) in [4.78, 5) is 13.6. The average Bonchev–Trinajstić information content (AvgIpc) is 2.14. The first-order valence-electron chi connectivity index (χ1n) is 6.21. The number of hydrogen-bond acceptors (Lipinski definition) is 2. The van der Waals surface area contributed by atoms with E-state index in [4.69, 9.17) is 0 Å². The summed E-state index contributed by atoms with van der Waals surface area (Å²) in [5.41, 5.74) is 0.305. The molecule has 2 nitrogen and oxygen atoms in total. The van der Waals surface area contributed by atoms with Gasteiger partial charge in [0.2, 0.25) is 0 Å². The Labute approximate surface area is 101 Å². The minimum Gasteiger partial charge on any atom is -0.306 e. The zero-order valence-electron chi connectivity index (χ0n) is 11.5. The topological polar surface area (TPSA) is 20.3 Å². The number of carbonyl (C=O) groups excluding carboxylic acids is 1. The highest BCUT2D eigenvalue weighted by Gasteiger charge is 2.17. The van der Waals surface area contributed by atoms with E-state index in [1.165, 1.54) is 12.8 Å². The molecule has 0 aromatic rings. The molecule has 0 aromatic heterocycles. The van der Waals surface area contributed by atoms with Gasteiger partial charge in [0.15, 0.2) is 5.78 Å². The van der Waals surface area contributed by atoms with Gasteiger partial charge in [-0.3, -0.25) is 4.79 Å². The number of carbonyl (C=O) groups is 1. The van der Waals surface area contributed by atoms with Crippen molar-refractivity contribution >= 4 is 5.78 Å². The van der Waals surface area contributed by atoms with Crippen molar-refractivity contribution in [2.75, 3.05) is 20.6 Å². The molecule has 0 saturated heterocycles. The summed E-state index contributed by atoms with van der Waals surface area (Å²) in [5.74, 6) is 0.256. The summed E-state index contributed by atoms with van der Waals surface area (Å²) in [6, 6.07) is 0. The van der Waals surface area contributed by atoms with Gasteiger partial charge in [-0.05, 0) is 38.4 Å². The maximum Gasteiger partial charge on any atom is 0.155 e. The fourth-order valence-electron chi connectivity index (χ4n) is 1.74. The van der Waals surface area contributed by atoms with Crippen LogP contribution >= 0.6 is 0 Å². The van der Waals surface area contributed by atoms with Gasteiger partial charge >= 0.3 is 0 Å². The summed E-state index contributed by atoms with van der Waals surface area (Å²) in [6.45, 7) is 7.52. The van der Waals surface area contributed by atoms with E-state index in [1.54, 1.807) is 6.08 Å². The fourth-order valence-corrected chi connectivity index (χ4v) is 1.74. The molecule has 94 valence electrons. The van der Waals surface area contributed by atoms with Gasteiger partial charge in [0.1, 0.15) is 0 Å². The Kier molecular flexibility index (Phi) is 7.31. The highest BCUT2D eigenvalue weighted by molar-refractivity contribution is 5.89. The summed E-state index contributed by atoms with van der Waals surface area (Å²) < 4.78 is 0. The van der Waals surface area contributed by atoms with Crippen molar-refractivity contribution in [2.45, 2.75) is 46.5 Å². The SMILES string of the molecule is CCCC(C)(C)CCC(=O)/C=C/CN(C)C. The van der Waals surface area contributed by atoms with Crippen LogP contribution in [-0.2, 0) is 4.79 Å².